The van der Waals surface area contributed by atoms with Crippen molar-refractivity contribution in [2.75, 3.05) is 0 Å². The van der Waals surface area contributed by atoms with E-state index in [1.807, 2.05) is 97.1 Å². The summed E-state index contributed by atoms with van der Waals surface area (Å²) < 4.78 is 19.8. The molecule has 3 aromatic carbocycles. The van der Waals surface area contributed by atoms with Crippen molar-refractivity contribution in [1.82, 2.24) is 4.98 Å². The van der Waals surface area contributed by atoms with Crippen LogP contribution < -0.4 is 10.6 Å². The lowest BCUT2D eigenvalue weighted by Gasteiger charge is -2.19. The van der Waals surface area contributed by atoms with E-state index in [1.165, 1.54) is 0 Å². The number of fused-ring (bicyclic) bond motifs is 1. The molecule has 0 spiro atoms. The minimum Gasteiger partial charge on any atom is -0.316 e. The van der Waals surface area contributed by atoms with E-state index in [1.54, 1.807) is 0 Å². The van der Waals surface area contributed by atoms with E-state index in [0.29, 0.717) is 10.6 Å². The molecule has 0 amide bonds. The number of para-hydroxylation sites is 1. The fourth-order valence-electron chi connectivity index (χ4n) is 2.89. The van der Waals surface area contributed by atoms with E-state index in [0.717, 1.165) is 16.6 Å². The zero-order chi connectivity index (χ0) is 17.8. The van der Waals surface area contributed by atoms with Gasteiger partial charge in [0.1, 0.15) is 0 Å². The van der Waals surface area contributed by atoms with Gasteiger partial charge in [-0.2, -0.15) is 0 Å². The molecule has 0 aliphatic carbocycles. The van der Waals surface area contributed by atoms with Crippen LogP contribution in [0.1, 0.15) is 5.69 Å². The van der Waals surface area contributed by atoms with Crippen LogP contribution in [-0.2, 0) is 15.7 Å². The van der Waals surface area contributed by atoms with Crippen LogP contribution in [0.4, 0.5) is 0 Å². The SMILES string of the molecule is O=P(OCc1ccc2ccccc2n1)(c1ccccc1)c1ccccc1. The standard InChI is InChI=1S/C22H18NO2P/c24-26(20-10-3-1-4-11-20,21-12-5-2-6-13-21)25-17-19-16-15-18-9-7-8-14-22(18)23-19/h1-16H,17H2. The summed E-state index contributed by atoms with van der Waals surface area (Å²) in [4.78, 5) is 4.62. The van der Waals surface area contributed by atoms with Crippen molar-refractivity contribution in [2.45, 2.75) is 6.61 Å². The average Bonchev–Trinajstić information content (AvgIpc) is 2.73. The normalized spacial score (nSPS) is 11.5. The third kappa shape index (κ3) is 3.32. The summed E-state index contributed by atoms with van der Waals surface area (Å²) in [6.07, 6.45) is 0. The molecule has 0 N–H and O–H groups in total. The molecule has 4 rings (SSSR count). The molecule has 0 radical (unpaired) electrons. The van der Waals surface area contributed by atoms with Gasteiger partial charge in [0.15, 0.2) is 0 Å². The van der Waals surface area contributed by atoms with Crippen LogP contribution in [0.25, 0.3) is 10.9 Å². The Kier molecular flexibility index (Phi) is 4.66. The number of rotatable bonds is 5. The third-order valence-corrected chi connectivity index (χ3v) is 6.69. The molecule has 0 bridgehead atoms. The molecule has 4 aromatic rings. The molecule has 0 unspecified atom stereocenters. The summed E-state index contributed by atoms with van der Waals surface area (Å²) >= 11 is 0. The monoisotopic (exact) mass is 359 g/mol. The Labute approximate surface area is 152 Å². The minimum atomic E-state index is -3.19. The Balaban J connectivity index is 1.68. The summed E-state index contributed by atoms with van der Waals surface area (Å²) in [5.74, 6) is 0. The van der Waals surface area contributed by atoms with Gasteiger partial charge in [-0.25, -0.2) is 0 Å². The molecule has 3 nitrogen and oxygen atoms in total. The molecule has 1 heterocycles. The molecule has 4 heteroatoms. The summed E-state index contributed by atoms with van der Waals surface area (Å²) in [5.41, 5.74) is 1.67. The second kappa shape index (κ2) is 7.25. The predicted molar refractivity (Wildman–Crippen MR) is 106 cm³/mol. The fourth-order valence-corrected chi connectivity index (χ4v) is 4.93. The van der Waals surface area contributed by atoms with E-state index >= 15 is 0 Å². The zero-order valence-corrected chi connectivity index (χ0v) is 15.1. The first-order chi connectivity index (χ1) is 12.8. The number of aromatic nitrogens is 1. The van der Waals surface area contributed by atoms with Crippen molar-refractivity contribution >= 4 is 28.9 Å². The Morgan fingerprint density at radius 2 is 1.27 bits per heavy atom. The number of hydrogen-bond donors (Lipinski definition) is 0. The van der Waals surface area contributed by atoms with Crippen LogP contribution in [0.15, 0.2) is 97.1 Å². The molecule has 0 fully saturated rings. The van der Waals surface area contributed by atoms with Crippen LogP contribution in [0.3, 0.4) is 0 Å². The van der Waals surface area contributed by atoms with Crippen molar-refractivity contribution in [3.05, 3.63) is 103 Å². The molecule has 0 aliphatic rings. The molecule has 0 aliphatic heterocycles. The highest BCUT2D eigenvalue weighted by atomic mass is 31.2. The van der Waals surface area contributed by atoms with Crippen LogP contribution in [-0.4, -0.2) is 4.98 Å². The van der Waals surface area contributed by atoms with Gasteiger partial charge in [-0.1, -0.05) is 60.7 Å². The minimum absolute atomic E-state index is 0.186. The van der Waals surface area contributed by atoms with Crippen LogP contribution in [0.2, 0.25) is 0 Å². The Morgan fingerprint density at radius 3 is 1.92 bits per heavy atom. The summed E-state index contributed by atoms with van der Waals surface area (Å²) in [5, 5.41) is 2.45. The summed E-state index contributed by atoms with van der Waals surface area (Å²) in [6, 6.07) is 30.6. The topological polar surface area (TPSA) is 39.2 Å². The largest absolute Gasteiger partial charge is 0.316 e. The second-order valence-corrected chi connectivity index (χ2v) is 8.39. The number of nitrogens with zero attached hydrogens (tertiary/aromatic N) is 1. The van der Waals surface area contributed by atoms with Gasteiger partial charge in [-0.3, -0.25) is 9.55 Å². The van der Waals surface area contributed by atoms with Crippen molar-refractivity contribution in [3.8, 4) is 0 Å². The maximum atomic E-state index is 13.8. The highest BCUT2D eigenvalue weighted by Crippen LogP contribution is 2.45. The smallest absolute Gasteiger partial charge is 0.261 e. The lowest BCUT2D eigenvalue weighted by Crippen LogP contribution is -2.18. The second-order valence-electron chi connectivity index (χ2n) is 5.99. The predicted octanol–water partition coefficient (Wildman–Crippen LogP) is 4.68. The third-order valence-electron chi connectivity index (χ3n) is 4.24. The molecule has 26 heavy (non-hydrogen) atoms. The highest BCUT2D eigenvalue weighted by molar-refractivity contribution is 7.74. The van der Waals surface area contributed by atoms with Gasteiger partial charge >= 0.3 is 0 Å². The van der Waals surface area contributed by atoms with E-state index in [4.69, 9.17) is 4.52 Å². The highest BCUT2D eigenvalue weighted by Gasteiger charge is 2.28. The van der Waals surface area contributed by atoms with Crippen LogP contribution in [0, 0.1) is 0 Å². The van der Waals surface area contributed by atoms with E-state index in [-0.39, 0.29) is 6.61 Å². The first-order valence-electron chi connectivity index (χ1n) is 8.46. The van der Waals surface area contributed by atoms with E-state index < -0.39 is 7.37 Å². The molecule has 128 valence electrons. The van der Waals surface area contributed by atoms with Crippen molar-refractivity contribution in [1.29, 1.82) is 0 Å². The van der Waals surface area contributed by atoms with Crippen LogP contribution >= 0.6 is 7.37 Å². The lowest BCUT2D eigenvalue weighted by molar-refractivity contribution is 0.312. The molecule has 1 aromatic heterocycles. The maximum absolute atomic E-state index is 13.8. The number of benzene rings is 3. The van der Waals surface area contributed by atoms with Gasteiger partial charge in [-0.15, -0.1) is 0 Å². The van der Waals surface area contributed by atoms with Crippen molar-refractivity contribution < 1.29 is 9.09 Å². The molecular formula is C22H18NO2P. The number of hydrogen-bond acceptors (Lipinski definition) is 3. The van der Waals surface area contributed by atoms with Gasteiger partial charge in [0.25, 0.3) is 7.37 Å². The zero-order valence-electron chi connectivity index (χ0n) is 14.2. The van der Waals surface area contributed by atoms with Gasteiger partial charge in [-0.05, 0) is 36.4 Å². The first kappa shape index (κ1) is 16.7. The van der Waals surface area contributed by atoms with Gasteiger partial charge in [0.05, 0.1) is 17.8 Å². The molecule has 0 atom stereocenters. The number of pyridine rings is 1. The Bertz CT molecular complexity index is 1020. The lowest BCUT2D eigenvalue weighted by atomic mass is 10.2. The first-order valence-corrected chi connectivity index (χ1v) is 10.1. The Morgan fingerprint density at radius 1 is 0.692 bits per heavy atom. The van der Waals surface area contributed by atoms with Crippen molar-refractivity contribution in [2.24, 2.45) is 0 Å². The molecule has 0 saturated carbocycles. The Hall–Kier alpha value is -2.74. The van der Waals surface area contributed by atoms with Gasteiger partial charge < -0.3 is 4.52 Å². The summed E-state index contributed by atoms with van der Waals surface area (Å²) in [6.45, 7) is 0.186. The fraction of sp³-hybridized carbons (Fsp3) is 0.0455. The summed E-state index contributed by atoms with van der Waals surface area (Å²) in [7, 11) is -3.19. The van der Waals surface area contributed by atoms with Crippen LogP contribution in [0.5, 0.6) is 0 Å². The maximum Gasteiger partial charge on any atom is 0.261 e. The van der Waals surface area contributed by atoms with Gasteiger partial charge in [0.2, 0.25) is 0 Å². The molecule has 0 saturated heterocycles. The van der Waals surface area contributed by atoms with E-state index in [9.17, 15) is 4.57 Å². The quantitative estimate of drug-likeness (QED) is 0.486. The average molecular weight is 359 g/mol. The molecular weight excluding hydrogens is 341 g/mol. The van der Waals surface area contributed by atoms with Gasteiger partial charge in [0, 0.05) is 16.0 Å². The van der Waals surface area contributed by atoms with Crippen molar-refractivity contribution in [3.63, 3.8) is 0 Å². The van der Waals surface area contributed by atoms with E-state index in [2.05, 4.69) is 4.98 Å².